The molecule has 0 aromatic carbocycles. The van der Waals surface area contributed by atoms with Crippen LogP contribution in [0.25, 0.3) is 0 Å². The third-order valence-corrected chi connectivity index (χ3v) is 2.73. The molecular weight excluding hydrogens is 162 g/mol. The van der Waals surface area contributed by atoms with Crippen molar-refractivity contribution in [1.29, 1.82) is 0 Å². The SMILES string of the molecule is CS(=O)(=O)CCCNC1CC1. The van der Waals surface area contributed by atoms with Gasteiger partial charge in [-0.3, -0.25) is 0 Å². The summed E-state index contributed by atoms with van der Waals surface area (Å²) in [5.74, 6) is 0.312. The molecule has 66 valence electrons. The van der Waals surface area contributed by atoms with Gasteiger partial charge in [0.05, 0.1) is 5.75 Å². The monoisotopic (exact) mass is 177 g/mol. The van der Waals surface area contributed by atoms with Crippen molar-refractivity contribution in [2.45, 2.75) is 25.3 Å². The Labute approximate surface area is 68.1 Å². The number of rotatable bonds is 5. The Morgan fingerprint density at radius 1 is 1.45 bits per heavy atom. The first-order valence-electron chi connectivity index (χ1n) is 3.99. The Balaban J connectivity index is 1.95. The summed E-state index contributed by atoms with van der Waals surface area (Å²) >= 11 is 0. The van der Waals surface area contributed by atoms with Gasteiger partial charge in [-0.2, -0.15) is 0 Å². The highest BCUT2D eigenvalue weighted by Gasteiger charge is 2.19. The van der Waals surface area contributed by atoms with Crippen LogP contribution in [0.4, 0.5) is 0 Å². The summed E-state index contributed by atoms with van der Waals surface area (Å²) in [7, 11) is -2.74. The van der Waals surface area contributed by atoms with Crippen LogP contribution in [-0.2, 0) is 9.84 Å². The van der Waals surface area contributed by atoms with E-state index in [1.807, 2.05) is 0 Å². The van der Waals surface area contributed by atoms with E-state index in [4.69, 9.17) is 0 Å². The van der Waals surface area contributed by atoms with Crippen LogP contribution in [0.5, 0.6) is 0 Å². The van der Waals surface area contributed by atoms with Gasteiger partial charge < -0.3 is 5.32 Å². The molecule has 0 aliphatic heterocycles. The fraction of sp³-hybridized carbons (Fsp3) is 1.00. The molecule has 1 fully saturated rings. The first kappa shape index (κ1) is 9.00. The number of nitrogens with one attached hydrogen (secondary N) is 1. The van der Waals surface area contributed by atoms with Crippen LogP contribution < -0.4 is 5.32 Å². The third-order valence-electron chi connectivity index (χ3n) is 1.70. The van der Waals surface area contributed by atoms with Crippen LogP contribution in [0, 0.1) is 0 Å². The van der Waals surface area contributed by atoms with E-state index >= 15 is 0 Å². The number of sulfone groups is 1. The van der Waals surface area contributed by atoms with Crippen molar-refractivity contribution in [3.63, 3.8) is 0 Å². The maximum atomic E-state index is 10.7. The van der Waals surface area contributed by atoms with Crippen LogP contribution in [0.2, 0.25) is 0 Å². The van der Waals surface area contributed by atoms with E-state index in [9.17, 15) is 8.42 Å². The average Bonchev–Trinajstić information content (AvgIpc) is 2.60. The summed E-state index contributed by atoms with van der Waals surface area (Å²) in [6, 6.07) is 0.689. The lowest BCUT2D eigenvalue weighted by atomic mass is 10.5. The number of hydrogen-bond acceptors (Lipinski definition) is 3. The highest BCUT2D eigenvalue weighted by atomic mass is 32.2. The van der Waals surface area contributed by atoms with Crippen molar-refractivity contribution < 1.29 is 8.42 Å². The van der Waals surface area contributed by atoms with E-state index < -0.39 is 9.84 Å². The Kier molecular flexibility index (Phi) is 2.90. The molecule has 0 spiro atoms. The second-order valence-electron chi connectivity index (χ2n) is 3.21. The molecule has 4 heteroatoms. The molecule has 3 nitrogen and oxygen atoms in total. The summed E-state index contributed by atoms with van der Waals surface area (Å²) < 4.78 is 21.3. The quantitative estimate of drug-likeness (QED) is 0.609. The molecule has 0 aromatic heterocycles. The van der Waals surface area contributed by atoms with Crippen molar-refractivity contribution in [3.8, 4) is 0 Å². The zero-order chi connectivity index (χ0) is 8.32. The molecule has 1 aliphatic rings. The molecule has 1 rings (SSSR count). The minimum Gasteiger partial charge on any atom is -0.314 e. The molecule has 1 saturated carbocycles. The fourth-order valence-corrected chi connectivity index (χ4v) is 1.60. The maximum Gasteiger partial charge on any atom is 0.147 e. The van der Waals surface area contributed by atoms with Gasteiger partial charge in [-0.15, -0.1) is 0 Å². The van der Waals surface area contributed by atoms with Crippen molar-refractivity contribution in [1.82, 2.24) is 5.32 Å². The van der Waals surface area contributed by atoms with Gasteiger partial charge in [0.2, 0.25) is 0 Å². The molecular formula is C7H15NO2S. The van der Waals surface area contributed by atoms with Crippen molar-refractivity contribution in [2.75, 3.05) is 18.6 Å². The van der Waals surface area contributed by atoms with Gasteiger partial charge in [0, 0.05) is 12.3 Å². The largest absolute Gasteiger partial charge is 0.314 e. The predicted octanol–water partition coefficient (Wildman–Crippen LogP) is 0.173. The lowest BCUT2D eigenvalue weighted by Gasteiger charge is -2.00. The second kappa shape index (κ2) is 3.54. The first-order valence-corrected chi connectivity index (χ1v) is 6.05. The molecule has 0 atom stereocenters. The summed E-state index contributed by atoms with van der Waals surface area (Å²) in [6.45, 7) is 0.845. The molecule has 0 heterocycles. The Hall–Kier alpha value is -0.0900. The zero-order valence-corrected chi connectivity index (χ0v) is 7.65. The predicted molar refractivity (Wildman–Crippen MR) is 45.4 cm³/mol. The molecule has 0 radical (unpaired) electrons. The highest BCUT2D eigenvalue weighted by Crippen LogP contribution is 2.18. The van der Waals surface area contributed by atoms with Crippen LogP contribution in [0.15, 0.2) is 0 Å². The average molecular weight is 177 g/mol. The standard InChI is InChI=1S/C7H15NO2S/c1-11(9,10)6-2-5-8-7-3-4-7/h7-8H,2-6H2,1H3. The van der Waals surface area contributed by atoms with Gasteiger partial charge in [-0.05, 0) is 25.8 Å². The lowest BCUT2D eigenvalue weighted by molar-refractivity contribution is 0.594. The summed E-state index contributed by atoms with van der Waals surface area (Å²) in [6.07, 6.45) is 4.55. The first-order chi connectivity index (χ1) is 5.08. The van der Waals surface area contributed by atoms with Gasteiger partial charge in [0.1, 0.15) is 9.84 Å². The van der Waals surface area contributed by atoms with E-state index in [-0.39, 0.29) is 0 Å². The molecule has 1 aliphatic carbocycles. The van der Waals surface area contributed by atoms with E-state index in [1.54, 1.807) is 0 Å². The summed E-state index contributed by atoms with van der Waals surface area (Å²) in [4.78, 5) is 0. The molecule has 0 bridgehead atoms. The van der Waals surface area contributed by atoms with Gasteiger partial charge in [-0.25, -0.2) is 8.42 Å². The molecule has 0 unspecified atom stereocenters. The van der Waals surface area contributed by atoms with E-state index in [2.05, 4.69) is 5.32 Å². The van der Waals surface area contributed by atoms with E-state index in [0.717, 1.165) is 13.0 Å². The van der Waals surface area contributed by atoms with Crippen LogP contribution in [-0.4, -0.2) is 33.0 Å². The Morgan fingerprint density at radius 2 is 2.09 bits per heavy atom. The highest BCUT2D eigenvalue weighted by molar-refractivity contribution is 7.90. The zero-order valence-electron chi connectivity index (χ0n) is 6.84. The lowest BCUT2D eigenvalue weighted by Crippen LogP contribution is -2.19. The van der Waals surface area contributed by atoms with Crippen molar-refractivity contribution in [2.24, 2.45) is 0 Å². The third kappa shape index (κ3) is 5.21. The van der Waals surface area contributed by atoms with E-state index in [0.29, 0.717) is 11.8 Å². The maximum absolute atomic E-state index is 10.7. The topological polar surface area (TPSA) is 46.2 Å². The van der Waals surface area contributed by atoms with Crippen molar-refractivity contribution in [3.05, 3.63) is 0 Å². The summed E-state index contributed by atoms with van der Waals surface area (Å²) in [5.41, 5.74) is 0. The van der Waals surface area contributed by atoms with Crippen molar-refractivity contribution >= 4 is 9.84 Å². The van der Waals surface area contributed by atoms with Crippen LogP contribution in [0.3, 0.4) is 0 Å². The smallest absolute Gasteiger partial charge is 0.147 e. The van der Waals surface area contributed by atoms with Crippen LogP contribution >= 0.6 is 0 Å². The Bertz CT molecular complexity index is 206. The molecule has 0 amide bonds. The van der Waals surface area contributed by atoms with Gasteiger partial charge in [0.15, 0.2) is 0 Å². The summed E-state index contributed by atoms with van der Waals surface area (Å²) in [5, 5.41) is 3.26. The number of hydrogen-bond donors (Lipinski definition) is 1. The minimum atomic E-state index is -2.74. The minimum absolute atomic E-state index is 0.312. The molecule has 0 aromatic rings. The van der Waals surface area contributed by atoms with Gasteiger partial charge in [-0.1, -0.05) is 0 Å². The second-order valence-corrected chi connectivity index (χ2v) is 5.47. The normalized spacial score (nSPS) is 18.6. The van der Waals surface area contributed by atoms with Gasteiger partial charge in [0.25, 0.3) is 0 Å². The van der Waals surface area contributed by atoms with Gasteiger partial charge >= 0.3 is 0 Å². The van der Waals surface area contributed by atoms with E-state index in [1.165, 1.54) is 19.1 Å². The fourth-order valence-electron chi connectivity index (χ4n) is 0.928. The van der Waals surface area contributed by atoms with Crippen LogP contribution in [0.1, 0.15) is 19.3 Å². The molecule has 0 saturated heterocycles. The molecule has 11 heavy (non-hydrogen) atoms. The Morgan fingerprint density at radius 3 is 2.55 bits per heavy atom. The molecule has 1 N–H and O–H groups in total.